The van der Waals surface area contributed by atoms with Crippen LogP contribution in [-0.4, -0.2) is 39.7 Å². The molecule has 1 aromatic rings. The van der Waals surface area contributed by atoms with Gasteiger partial charge in [0, 0.05) is 40.0 Å². The van der Waals surface area contributed by atoms with Crippen LogP contribution < -0.4 is 16.4 Å². The molecule has 1 fully saturated rings. The fraction of sp³-hybridized carbons (Fsp3) is 0.579. The van der Waals surface area contributed by atoms with Gasteiger partial charge in [-0.15, -0.1) is 0 Å². The first-order valence-electron chi connectivity index (χ1n) is 9.34. The largest absolute Gasteiger partial charge is 0.366 e. The molecule has 0 saturated heterocycles. The van der Waals surface area contributed by atoms with Crippen LogP contribution in [0.15, 0.2) is 29.3 Å². The summed E-state index contributed by atoms with van der Waals surface area (Å²) in [5.74, 6) is 1.08. The third kappa shape index (κ3) is 6.12. The van der Waals surface area contributed by atoms with E-state index < -0.39 is 16.7 Å². The number of amides is 1. The predicted molar refractivity (Wildman–Crippen MR) is 108 cm³/mol. The first kappa shape index (κ1) is 20.4. The summed E-state index contributed by atoms with van der Waals surface area (Å²) in [6, 6.07) is 7.49. The first-order chi connectivity index (χ1) is 12.5. The smallest absolute Gasteiger partial charge is 0.248 e. The van der Waals surface area contributed by atoms with Crippen LogP contribution >= 0.6 is 0 Å². The van der Waals surface area contributed by atoms with Gasteiger partial charge in [-0.2, -0.15) is 0 Å². The van der Waals surface area contributed by atoms with Crippen molar-refractivity contribution < 1.29 is 9.00 Å². The number of benzene rings is 1. The Labute approximate surface area is 158 Å². The molecule has 1 aliphatic carbocycles. The zero-order chi connectivity index (χ0) is 18.9. The Morgan fingerprint density at radius 1 is 1.27 bits per heavy atom. The van der Waals surface area contributed by atoms with Crippen LogP contribution in [0.25, 0.3) is 0 Å². The summed E-state index contributed by atoms with van der Waals surface area (Å²) in [6.45, 7) is 5.33. The molecule has 0 radical (unpaired) electrons. The number of carbonyl (C=O) groups is 1. The van der Waals surface area contributed by atoms with Gasteiger partial charge in [-0.3, -0.25) is 9.00 Å². The van der Waals surface area contributed by atoms with Gasteiger partial charge in [-0.25, -0.2) is 4.99 Å². The lowest BCUT2D eigenvalue weighted by molar-refractivity contribution is 0.100. The van der Waals surface area contributed by atoms with Crippen LogP contribution in [-0.2, 0) is 17.3 Å². The molecule has 0 aromatic heterocycles. The Kier molecular flexibility index (Phi) is 8.09. The molecule has 4 N–H and O–H groups in total. The fourth-order valence-electron chi connectivity index (χ4n) is 3.21. The number of hydrogen-bond donors (Lipinski definition) is 3. The number of hydrogen-bond acceptors (Lipinski definition) is 3. The number of nitrogens with zero attached hydrogens (tertiary/aromatic N) is 1. The third-order valence-corrected chi connectivity index (χ3v) is 6.37. The van der Waals surface area contributed by atoms with Crippen LogP contribution in [0.1, 0.15) is 55.5 Å². The van der Waals surface area contributed by atoms with Crippen molar-refractivity contribution in [2.45, 2.75) is 57.4 Å². The molecule has 0 heterocycles. The molecule has 1 aromatic carbocycles. The lowest BCUT2D eigenvalue weighted by Crippen LogP contribution is -2.46. The molecule has 1 amide bonds. The van der Waals surface area contributed by atoms with E-state index >= 15 is 0 Å². The highest BCUT2D eigenvalue weighted by Crippen LogP contribution is 2.23. The van der Waals surface area contributed by atoms with E-state index in [0.717, 1.165) is 49.5 Å². The molecule has 0 aliphatic heterocycles. The average molecular weight is 379 g/mol. The van der Waals surface area contributed by atoms with E-state index in [0.29, 0.717) is 18.2 Å². The minimum Gasteiger partial charge on any atom is -0.366 e. The third-order valence-electron chi connectivity index (χ3n) is 4.63. The Morgan fingerprint density at radius 3 is 2.62 bits per heavy atom. The van der Waals surface area contributed by atoms with E-state index in [1.807, 2.05) is 26.0 Å². The summed E-state index contributed by atoms with van der Waals surface area (Å²) < 4.78 is 12.1. The molecule has 144 valence electrons. The highest BCUT2D eigenvalue weighted by atomic mass is 32.2. The quantitative estimate of drug-likeness (QED) is 0.499. The van der Waals surface area contributed by atoms with Crippen molar-refractivity contribution in [3.8, 4) is 0 Å². The second-order valence-corrected chi connectivity index (χ2v) is 8.56. The Morgan fingerprint density at radius 2 is 2.00 bits per heavy atom. The van der Waals surface area contributed by atoms with E-state index in [1.54, 1.807) is 12.1 Å². The summed E-state index contributed by atoms with van der Waals surface area (Å²) in [6.07, 6.45) is 4.16. The molecule has 26 heavy (non-hydrogen) atoms. The van der Waals surface area contributed by atoms with Gasteiger partial charge >= 0.3 is 0 Å². The Bertz CT molecular complexity index is 645. The number of nitrogens with one attached hydrogen (secondary N) is 2. The molecule has 3 unspecified atom stereocenters. The summed E-state index contributed by atoms with van der Waals surface area (Å²) in [5.41, 5.74) is 6.78. The van der Waals surface area contributed by atoms with Crippen molar-refractivity contribution >= 4 is 22.7 Å². The standard InChI is InChI=1S/C19H30N4O2S/c1-3-21-19(22-13-14-8-10-15(11-9-14)18(20)24)23-16-6-5-7-17(12-16)26(25)4-2/h8-11,16-17H,3-7,12-13H2,1-2H3,(H2,20,24)(H2,21,22,23). The lowest BCUT2D eigenvalue weighted by Gasteiger charge is -2.30. The van der Waals surface area contributed by atoms with Crippen molar-refractivity contribution in [1.29, 1.82) is 0 Å². The predicted octanol–water partition coefficient (Wildman–Crippen LogP) is 1.92. The number of rotatable bonds is 7. The highest BCUT2D eigenvalue weighted by Gasteiger charge is 2.25. The molecule has 1 aliphatic rings. The summed E-state index contributed by atoms with van der Waals surface area (Å²) in [5, 5.41) is 7.06. The first-order valence-corrected chi connectivity index (χ1v) is 10.7. The zero-order valence-electron chi connectivity index (χ0n) is 15.7. The van der Waals surface area contributed by atoms with Crippen LogP contribution in [0.4, 0.5) is 0 Å². The van der Waals surface area contributed by atoms with Gasteiger partial charge in [0.15, 0.2) is 5.96 Å². The van der Waals surface area contributed by atoms with Crippen LogP contribution in [0.3, 0.4) is 0 Å². The number of aliphatic imine (C=N–C) groups is 1. The van der Waals surface area contributed by atoms with Crippen molar-refractivity contribution in [3.63, 3.8) is 0 Å². The maximum atomic E-state index is 12.1. The van der Waals surface area contributed by atoms with Crippen molar-refractivity contribution in [2.24, 2.45) is 10.7 Å². The molecule has 6 nitrogen and oxygen atoms in total. The van der Waals surface area contributed by atoms with E-state index in [1.165, 1.54) is 0 Å². The maximum Gasteiger partial charge on any atom is 0.248 e. The van der Waals surface area contributed by atoms with Gasteiger partial charge in [0.2, 0.25) is 5.91 Å². The number of carbonyl (C=O) groups excluding carboxylic acids is 1. The zero-order valence-corrected chi connectivity index (χ0v) is 16.5. The molecular weight excluding hydrogens is 348 g/mol. The minimum absolute atomic E-state index is 0.287. The van der Waals surface area contributed by atoms with Crippen LogP contribution in [0.2, 0.25) is 0 Å². The van der Waals surface area contributed by atoms with E-state index in [4.69, 9.17) is 5.73 Å². The molecule has 1 saturated carbocycles. The van der Waals surface area contributed by atoms with Gasteiger partial charge in [-0.1, -0.05) is 25.5 Å². The summed E-state index contributed by atoms with van der Waals surface area (Å²) >= 11 is 0. The average Bonchev–Trinajstić information content (AvgIpc) is 2.66. The van der Waals surface area contributed by atoms with Crippen molar-refractivity contribution in [3.05, 3.63) is 35.4 Å². The van der Waals surface area contributed by atoms with Gasteiger partial charge in [0.1, 0.15) is 0 Å². The Hall–Kier alpha value is -1.89. The fourth-order valence-corrected chi connectivity index (χ4v) is 4.56. The van der Waals surface area contributed by atoms with E-state index in [-0.39, 0.29) is 5.25 Å². The normalized spacial score (nSPS) is 21.8. The van der Waals surface area contributed by atoms with Crippen molar-refractivity contribution in [2.75, 3.05) is 12.3 Å². The minimum atomic E-state index is -0.730. The van der Waals surface area contributed by atoms with Gasteiger partial charge in [0.05, 0.1) is 6.54 Å². The molecule has 3 atom stereocenters. The molecule has 7 heteroatoms. The SMILES string of the molecule is CCNC(=NCc1ccc(C(N)=O)cc1)NC1CCCC(S(=O)CC)C1. The highest BCUT2D eigenvalue weighted by molar-refractivity contribution is 7.85. The lowest BCUT2D eigenvalue weighted by atomic mass is 9.95. The van der Waals surface area contributed by atoms with Gasteiger partial charge in [-0.05, 0) is 43.9 Å². The second kappa shape index (κ2) is 10.3. The number of nitrogens with two attached hydrogens (primary N) is 1. The molecule has 2 rings (SSSR count). The van der Waals surface area contributed by atoms with Crippen LogP contribution in [0, 0.1) is 0 Å². The van der Waals surface area contributed by atoms with Gasteiger partial charge in [0.25, 0.3) is 0 Å². The number of primary amides is 1. The molecule has 0 bridgehead atoms. The van der Waals surface area contributed by atoms with Crippen LogP contribution in [0.5, 0.6) is 0 Å². The van der Waals surface area contributed by atoms with E-state index in [9.17, 15) is 9.00 Å². The van der Waals surface area contributed by atoms with Gasteiger partial charge < -0.3 is 16.4 Å². The second-order valence-electron chi connectivity index (χ2n) is 6.56. The van der Waals surface area contributed by atoms with E-state index in [2.05, 4.69) is 15.6 Å². The monoisotopic (exact) mass is 378 g/mol. The van der Waals surface area contributed by atoms with Crippen molar-refractivity contribution in [1.82, 2.24) is 10.6 Å². The molecular formula is C19H30N4O2S. The maximum absolute atomic E-state index is 12.1. The Balaban J connectivity index is 1.97. The number of guanidine groups is 1. The summed E-state index contributed by atoms with van der Waals surface area (Å²) in [7, 11) is -0.730. The summed E-state index contributed by atoms with van der Waals surface area (Å²) in [4.78, 5) is 15.8. The molecule has 0 spiro atoms. The topological polar surface area (TPSA) is 96.6 Å².